The summed E-state index contributed by atoms with van der Waals surface area (Å²) in [5.74, 6) is 0.337. The van der Waals surface area contributed by atoms with Gasteiger partial charge in [-0.3, -0.25) is 0 Å². The third kappa shape index (κ3) is 5.98. The van der Waals surface area contributed by atoms with Crippen molar-refractivity contribution in [2.75, 3.05) is 0 Å². The highest BCUT2D eigenvalue weighted by Crippen LogP contribution is 2.23. The largest absolute Gasteiger partial charge is 0.216 e. The Kier molecular flexibility index (Phi) is 6.22. The van der Waals surface area contributed by atoms with Gasteiger partial charge in [-0.1, -0.05) is 67.9 Å². The third-order valence-electron chi connectivity index (χ3n) is 3.50. The summed E-state index contributed by atoms with van der Waals surface area (Å²) in [4.78, 5) is 0. The predicted molar refractivity (Wildman–Crippen MR) is 95.8 cm³/mol. The van der Waals surface area contributed by atoms with E-state index in [0.717, 1.165) is 17.5 Å². The molecule has 0 fully saturated rings. The van der Waals surface area contributed by atoms with Crippen LogP contribution in [0.2, 0.25) is 5.02 Å². The van der Waals surface area contributed by atoms with Gasteiger partial charge in [-0.05, 0) is 35.6 Å². The van der Waals surface area contributed by atoms with E-state index in [4.69, 9.17) is 11.6 Å². The Morgan fingerprint density at radius 1 is 1.00 bits per heavy atom. The minimum Gasteiger partial charge on any atom is -0.212 e. The molecule has 1 N–H and O–H groups in total. The Labute approximate surface area is 143 Å². The summed E-state index contributed by atoms with van der Waals surface area (Å²) in [6.07, 6.45) is 0.754. The van der Waals surface area contributed by atoms with Crippen molar-refractivity contribution in [3.05, 3.63) is 70.7 Å². The van der Waals surface area contributed by atoms with Crippen LogP contribution in [0.3, 0.4) is 0 Å². The summed E-state index contributed by atoms with van der Waals surface area (Å²) in [5, 5.41) is 0.598. The zero-order valence-corrected chi connectivity index (χ0v) is 14.9. The second-order valence-electron chi connectivity index (χ2n) is 6.10. The van der Waals surface area contributed by atoms with Gasteiger partial charge in [0.25, 0.3) is 0 Å². The van der Waals surface area contributed by atoms with Crippen LogP contribution in [0.5, 0.6) is 0 Å². The van der Waals surface area contributed by atoms with Crippen LogP contribution >= 0.6 is 11.6 Å². The molecule has 0 aliphatic carbocycles. The second-order valence-corrected chi connectivity index (χ2v) is 8.29. The molecule has 0 aliphatic rings. The van der Waals surface area contributed by atoms with E-state index in [-0.39, 0.29) is 11.8 Å². The number of benzene rings is 2. The van der Waals surface area contributed by atoms with Crippen LogP contribution in [0.1, 0.15) is 37.4 Å². The Bertz CT molecular complexity index is 712. The molecule has 2 rings (SSSR count). The molecule has 2 aromatic rings. The van der Waals surface area contributed by atoms with Crippen molar-refractivity contribution < 1.29 is 8.42 Å². The molecule has 0 unspecified atom stereocenters. The maximum atomic E-state index is 12.5. The monoisotopic (exact) mass is 351 g/mol. The number of sulfonamides is 1. The molecule has 2 aromatic carbocycles. The molecule has 0 bridgehead atoms. The molecule has 3 nitrogen and oxygen atoms in total. The van der Waals surface area contributed by atoms with Crippen LogP contribution < -0.4 is 4.72 Å². The lowest BCUT2D eigenvalue weighted by Gasteiger charge is -2.21. The normalized spacial score (nSPS) is 13.2. The zero-order chi connectivity index (χ0) is 16.9. The fourth-order valence-electron chi connectivity index (χ4n) is 2.47. The minimum absolute atomic E-state index is 0.0500. The van der Waals surface area contributed by atoms with Gasteiger partial charge >= 0.3 is 0 Å². The minimum atomic E-state index is -3.43. The average Bonchev–Trinajstić information content (AvgIpc) is 2.49. The van der Waals surface area contributed by atoms with E-state index < -0.39 is 10.0 Å². The van der Waals surface area contributed by atoms with Crippen molar-refractivity contribution in [3.63, 3.8) is 0 Å². The van der Waals surface area contributed by atoms with Crippen molar-refractivity contribution in [2.45, 2.75) is 32.1 Å². The van der Waals surface area contributed by atoms with Gasteiger partial charge in [-0.15, -0.1) is 0 Å². The molecule has 0 spiro atoms. The van der Waals surface area contributed by atoms with Gasteiger partial charge in [0, 0.05) is 11.1 Å². The molecule has 0 amide bonds. The standard InChI is InChI=1S/C18H22ClNO2S/c1-14(2)12-18(16-6-4-3-5-7-16)20-23(21,22)13-15-8-10-17(19)11-9-15/h3-11,14,18,20H,12-13H2,1-2H3/t18-/m1/s1. The Morgan fingerprint density at radius 3 is 2.17 bits per heavy atom. The number of halogens is 1. The maximum absolute atomic E-state index is 12.5. The molecule has 0 radical (unpaired) electrons. The van der Waals surface area contributed by atoms with Crippen LogP contribution in [-0.2, 0) is 15.8 Å². The molecule has 124 valence electrons. The first-order chi connectivity index (χ1) is 10.9. The fraction of sp³-hybridized carbons (Fsp3) is 0.333. The van der Waals surface area contributed by atoms with Gasteiger partial charge in [0.15, 0.2) is 0 Å². The first kappa shape index (κ1) is 18.0. The molecule has 0 saturated heterocycles. The van der Waals surface area contributed by atoms with E-state index in [1.165, 1.54) is 0 Å². The number of hydrogen-bond acceptors (Lipinski definition) is 2. The van der Waals surface area contributed by atoms with E-state index >= 15 is 0 Å². The smallest absolute Gasteiger partial charge is 0.212 e. The molecule has 5 heteroatoms. The van der Waals surface area contributed by atoms with Crippen LogP contribution in [0.25, 0.3) is 0 Å². The summed E-state index contributed by atoms with van der Waals surface area (Å²) in [7, 11) is -3.43. The maximum Gasteiger partial charge on any atom is 0.216 e. The number of nitrogens with one attached hydrogen (secondary N) is 1. The molecular weight excluding hydrogens is 330 g/mol. The van der Waals surface area contributed by atoms with Gasteiger partial charge in [0.05, 0.1) is 5.75 Å². The summed E-state index contributed by atoms with van der Waals surface area (Å²) < 4.78 is 27.9. The average molecular weight is 352 g/mol. The summed E-state index contributed by atoms with van der Waals surface area (Å²) in [6.45, 7) is 4.17. The van der Waals surface area contributed by atoms with Gasteiger partial charge in [0.2, 0.25) is 10.0 Å². The van der Waals surface area contributed by atoms with Crippen LogP contribution in [0.15, 0.2) is 54.6 Å². The highest BCUT2D eigenvalue weighted by atomic mass is 35.5. The fourth-order valence-corrected chi connectivity index (χ4v) is 3.97. The molecule has 0 heterocycles. The van der Waals surface area contributed by atoms with Gasteiger partial charge in [-0.2, -0.15) is 0 Å². The molecule has 1 atom stereocenters. The lowest BCUT2D eigenvalue weighted by atomic mass is 9.98. The lowest BCUT2D eigenvalue weighted by molar-refractivity contribution is 0.472. The lowest BCUT2D eigenvalue weighted by Crippen LogP contribution is -2.30. The molecule has 0 saturated carbocycles. The van der Waals surface area contributed by atoms with Crippen molar-refractivity contribution in [1.29, 1.82) is 0 Å². The van der Waals surface area contributed by atoms with Crippen LogP contribution in [0.4, 0.5) is 0 Å². The van der Waals surface area contributed by atoms with E-state index in [9.17, 15) is 8.42 Å². The summed E-state index contributed by atoms with van der Waals surface area (Å²) in [5.41, 5.74) is 1.71. The van der Waals surface area contributed by atoms with Crippen molar-refractivity contribution in [3.8, 4) is 0 Å². The number of hydrogen-bond donors (Lipinski definition) is 1. The van der Waals surface area contributed by atoms with Gasteiger partial charge in [0.1, 0.15) is 0 Å². The van der Waals surface area contributed by atoms with Gasteiger partial charge < -0.3 is 0 Å². The first-order valence-corrected chi connectivity index (χ1v) is 9.68. The van der Waals surface area contributed by atoms with E-state index in [2.05, 4.69) is 18.6 Å². The van der Waals surface area contributed by atoms with Gasteiger partial charge in [-0.25, -0.2) is 13.1 Å². The van der Waals surface area contributed by atoms with E-state index in [1.807, 2.05) is 30.3 Å². The molecule has 23 heavy (non-hydrogen) atoms. The molecule has 0 aromatic heterocycles. The quantitative estimate of drug-likeness (QED) is 0.795. The predicted octanol–water partition coefficient (Wildman–Crippen LogP) is 4.55. The third-order valence-corrected chi connectivity index (χ3v) is 5.11. The van der Waals surface area contributed by atoms with E-state index in [0.29, 0.717) is 10.9 Å². The molecule has 0 aliphatic heterocycles. The second kappa shape index (κ2) is 7.95. The Hall–Kier alpha value is -1.36. The first-order valence-electron chi connectivity index (χ1n) is 7.65. The van der Waals surface area contributed by atoms with Crippen LogP contribution in [0, 0.1) is 5.92 Å². The van der Waals surface area contributed by atoms with E-state index in [1.54, 1.807) is 24.3 Å². The molecular formula is C18H22ClNO2S. The highest BCUT2D eigenvalue weighted by molar-refractivity contribution is 7.88. The highest BCUT2D eigenvalue weighted by Gasteiger charge is 2.20. The topological polar surface area (TPSA) is 46.2 Å². The Balaban J connectivity index is 2.15. The number of rotatable bonds is 7. The Morgan fingerprint density at radius 2 is 1.61 bits per heavy atom. The van der Waals surface area contributed by atoms with Crippen molar-refractivity contribution >= 4 is 21.6 Å². The summed E-state index contributed by atoms with van der Waals surface area (Å²) in [6, 6.07) is 16.4. The SMILES string of the molecule is CC(C)C[C@@H](NS(=O)(=O)Cc1ccc(Cl)cc1)c1ccccc1. The zero-order valence-electron chi connectivity index (χ0n) is 13.4. The summed E-state index contributed by atoms with van der Waals surface area (Å²) >= 11 is 5.84. The van der Waals surface area contributed by atoms with Crippen molar-refractivity contribution in [1.82, 2.24) is 4.72 Å². The van der Waals surface area contributed by atoms with Crippen LogP contribution in [-0.4, -0.2) is 8.42 Å². The van der Waals surface area contributed by atoms with Crippen molar-refractivity contribution in [2.24, 2.45) is 5.92 Å².